The van der Waals surface area contributed by atoms with Gasteiger partial charge in [-0.05, 0) is 36.8 Å². The number of thioether (sulfide) groups is 1. The molecule has 102 valence electrons. The topological polar surface area (TPSA) is 24.4 Å². The molecule has 3 rings (SSSR count). The molecule has 2 atom stereocenters. The van der Waals surface area contributed by atoms with Gasteiger partial charge in [-0.15, -0.1) is 0 Å². The van der Waals surface area contributed by atoms with Crippen LogP contribution in [0.25, 0.3) is 0 Å². The normalized spacial score (nSPS) is 26.5. The Labute approximate surface area is 120 Å². The standard InChI is InChI=1S/C16H22N2S/c1-2-12-7-3-5-9-14(12)17-16-18-15-10-6-4-8-13(15)11-19-16/h3,5,7,9,13,15H,2,4,6,8,10-11H2,1H3,(H,17,18). The van der Waals surface area contributed by atoms with E-state index in [0.717, 1.165) is 17.5 Å². The van der Waals surface area contributed by atoms with E-state index in [4.69, 9.17) is 4.99 Å². The van der Waals surface area contributed by atoms with E-state index in [0.29, 0.717) is 6.04 Å². The van der Waals surface area contributed by atoms with Gasteiger partial charge < -0.3 is 5.32 Å². The summed E-state index contributed by atoms with van der Waals surface area (Å²) < 4.78 is 0. The molecule has 0 aromatic heterocycles. The highest BCUT2D eigenvalue weighted by Crippen LogP contribution is 2.34. The van der Waals surface area contributed by atoms with Gasteiger partial charge in [0.15, 0.2) is 5.17 Å². The van der Waals surface area contributed by atoms with Crippen LogP contribution in [0.15, 0.2) is 29.3 Å². The van der Waals surface area contributed by atoms with E-state index in [9.17, 15) is 0 Å². The highest BCUT2D eigenvalue weighted by Gasteiger charge is 2.29. The number of benzene rings is 1. The van der Waals surface area contributed by atoms with Crippen LogP contribution in [0.4, 0.5) is 5.69 Å². The summed E-state index contributed by atoms with van der Waals surface area (Å²) in [6, 6.07) is 9.14. The van der Waals surface area contributed by atoms with Crippen molar-refractivity contribution in [3.8, 4) is 0 Å². The molecule has 0 spiro atoms. The molecule has 0 amide bonds. The summed E-state index contributed by atoms with van der Waals surface area (Å²) in [7, 11) is 0. The first-order valence-electron chi connectivity index (χ1n) is 7.42. The number of fused-ring (bicyclic) bond motifs is 1. The van der Waals surface area contributed by atoms with E-state index in [1.807, 2.05) is 11.8 Å². The van der Waals surface area contributed by atoms with E-state index in [-0.39, 0.29) is 0 Å². The van der Waals surface area contributed by atoms with Crippen LogP contribution in [0.5, 0.6) is 0 Å². The zero-order valence-corrected chi connectivity index (χ0v) is 12.4. The summed E-state index contributed by atoms with van der Waals surface area (Å²) in [5, 5.41) is 4.68. The van der Waals surface area contributed by atoms with Gasteiger partial charge in [-0.1, -0.05) is 49.7 Å². The fourth-order valence-electron chi connectivity index (χ4n) is 3.06. The fourth-order valence-corrected chi connectivity index (χ4v) is 4.21. The highest BCUT2D eigenvalue weighted by molar-refractivity contribution is 8.14. The summed E-state index contributed by atoms with van der Waals surface area (Å²) in [6.07, 6.45) is 6.48. The molecule has 1 heterocycles. The predicted octanol–water partition coefficient (Wildman–Crippen LogP) is 4.32. The van der Waals surface area contributed by atoms with Crippen molar-refractivity contribution in [3.63, 3.8) is 0 Å². The number of nitrogens with zero attached hydrogens (tertiary/aromatic N) is 1. The van der Waals surface area contributed by atoms with Crippen molar-refractivity contribution in [1.82, 2.24) is 0 Å². The number of anilines is 1. The highest BCUT2D eigenvalue weighted by atomic mass is 32.2. The van der Waals surface area contributed by atoms with Gasteiger partial charge in [0, 0.05) is 11.4 Å². The molecule has 1 aliphatic heterocycles. The van der Waals surface area contributed by atoms with E-state index in [1.165, 1.54) is 42.7 Å². The van der Waals surface area contributed by atoms with Gasteiger partial charge in [0.25, 0.3) is 0 Å². The molecule has 1 aromatic rings. The average molecular weight is 274 g/mol. The van der Waals surface area contributed by atoms with Crippen LogP contribution in [0.3, 0.4) is 0 Å². The van der Waals surface area contributed by atoms with Gasteiger partial charge in [0.1, 0.15) is 0 Å². The lowest BCUT2D eigenvalue weighted by Crippen LogP contribution is -2.31. The Morgan fingerprint density at radius 3 is 3.00 bits per heavy atom. The summed E-state index contributed by atoms with van der Waals surface area (Å²) in [5.41, 5.74) is 2.60. The predicted molar refractivity (Wildman–Crippen MR) is 85.1 cm³/mol. The molecule has 19 heavy (non-hydrogen) atoms. The van der Waals surface area contributed by atoms with Crippen LogP contribution in [-0.2, 0) is 6.42 Å². The number of hydrogen-bond donors (Lipinski definition) is 1. The first-order chi connectivity index (χ1) is 9.36. The van der Waals surface area contributed by atoms with E-state index in [2.05, 4.69) is 36.5 Å². The summed E-state index contributed by atoms with van der Waals surface area (Å²) >= 11 is 1.90. The minimum absolute atomic E-state index is 0.575. The van der Waals surface area contributed by atoms with Crippen molar-refractivity contribution in [1.29, 1.82) is 0 Å². The van der Waals surface area contributed by atoms with Crippen molar-refractivity contribution in [2.75, 3.05) is 11.1 Å². The second-order valence-electron chi connectivity index (χ2n) is 5.49. The first-order valence-corrected chi connectivity index (χ1v) is 8.41. The van der Waals surface area contributed by atoms with Gasteiger partial charge in [0.05, 0.1) is 6.04 Å². The average Bonchev–Trinajstić information content (AvgIpc) is 2.48. The molecule has 1 fully saturated rings. The minimum Gasteiger partial charge on any atom is -0.335 e. The molecule has 1 aliphatic carbocycles. The van der Waals surface area contributed by atoms with E-state index in [1.54, 1.807) is 0 Å². The number of aryl methyl sites for hydroxylation is 1. The lowest BCUT2D eigenvalue weighted by Gasteiger charge is -2.33. The van der Waals surface area contributed by atoms with Crippen molar-refractivity contribution in [2.45, 2.75) is 45.1 Å². The Morgan fingerprint density at radius 1 is 1.26 bits per heavy atom. The Kier molecular flexibility index (Phi) is 4.12. The molecule has 2 nitrogen and oxygen atoms in total. The van der Waals surface area contributed by atoms with E-state index < -0.39 is 0 Å². The monoisotopic (exact) mass is 274 g/mol. The van der Waals surface area contributed by atoms with Crippen LogP contribution in [0.1, 0.15) is 38.2 Å². The van der Waals surface area contributed by atoms with Crippen molar-refractivity contribution < 1.29 is 0 Å². The maximum Gasteiger partial charge on any atom is 0.161 e. The molecule has 0 saturated heterocycles. The molecular formula is C16H22N2S. The Hall–Kier alpha value is -0.960. The number of nitrogens with one attached hydrogen (secondary N) is 1. The van der Waals surface area contributed by atoms with Gasteiger partial charge in [0.2, 0.25) is 0 Å². The third-order valence-corrected chi connectivity index (χ3v) is 5.30. The quantitative estimate of drug-likeness (QED) is 0.868. The fraction of sp³-hybridized carbons (Fsp3) is 0.562. The van der Waals surface area contributed by atoms with Gasteiger partial charge in [-0.3, -0.25) is 4.99 Å². The first kappa shape index (κ1) is 13.0. The minimum atomic E-state index is 0.575. The molecule has 3 heteroatoms. The molecule has 1 N–H and O–H groups in total. The SMILES string of the molecule is CCc1ccccc1NC1=NC2CCCCC2CS1. The van der Waals surface area contributed by atoms with Gasteiger partial charge >= 0.3 is 0 Å². The van der Waals surface area contributed by atoms with Crippen LogP contribution in [0, 0.1) is 5.92 Å². The van der Waals surface area contributed by atoms with Crippen molar-refractivity contribution >= 4 is 22.6 Å². The van der Waals surface area contributed by atoms with Crippen LogP contribution >= 0.6 is 11.8 Å². The maximum absolute atomic E-state index is 4.94. The lowest BCUT2D eigenvalue weighted by atomic mass is 9.86. The second kappa shape index (κ2) is 6.00. The third-order valence-electron chi connectivity index (χ3n) is 4.23. The molecule has 0 radical (unpaired) electrons. The molecule has 2 unspecified atom stereocenters. The molecule has 2 aliphatic rings. The Morgan fingerprint density at radius 2 is 2.11 bits per heavy atom. The van der Waals surface area contributed by atoms with Crippen molar-refractivity contribution in [3.05, 3.63) is 29.8 Å². The van der Waals surface area contributed by atoms with Gasteiger partial charge in [-0.25, -0.2) is 0 Å². The molecular weight excluding hydrogens is 252 g/mol. The molecule has 0 bridgehead atoms. The number of rotatable bonds is 2. The second-order valence-corrected chi connectivity index (χ2v) is 6.50. The number of aliphatic imine (C=N–C) groups is 1. The zero-order chi connectivity index (χ0) is 13.1. The Balaban J connectivity index is 1.74. The molecule has 1 aromatic carbocycles. The zero-order valence-electron chi connectivity index (χ0n) is 11.6. The maximum atomic E-state index is 4.94. The largest absolute Gasteiger partial charge is 0.335 e. The smallest absolute Gasteiger partial charge is 0.161 e. The number of amidine groups is 1. The van der Waals surface area contributed by atoms with E-state index >= 15 is 0 Å². The number of hydrogen-bond acceptors (Lipinski definition) is 3. The van der Waals surface area contributed by atoms with Crippen molar-refractivity contribution in [2.24, 2.45) is 10.9 Å². The van der Waals surface area contributed by atoms with Crippen LogP contribution in [0.2, 0.25) is 0 Å². The Bertz CT molecular complexity index is 470. The molecule has 1 saturated carbocycles. The summed E-state index contributed by atoms with van der Waals surface area (Å²) in [5.74, 6) is 2.07. The summed E-state index contributed by atoms with van der Waals surface area (Å²) in [6.45, 7) is 2.20. The van der Waals surface area contributed by atoms with Crippen LogP contribution in [-0.4, -0.2) is 17.0 Å². The van der Waals surface area contributed by atoms with Crippen LogP contribution < -0.4 is 5.32 Å². The summed E-state index contributed by atoms with van der Waals surface area (Å²) in [4.78, 5) is 4.94. The lowest BCUT2D eigenvalue weighted by molar-refractivity contribution is 0.336. The van der Waals surface area contributed by atoms with Gasteiger partial charge in [-0.2, -0.15) is 0 Å². The number of para-hydroxylation sites is 1. The third kappa shape index (κ3) is 2.97.